The summed E-state index contributed by atoms with van der Waals surface area (Å²) in [5.41, 5.74) is -4.32. The lowest BCUT2D eigenvalue weighted by Gasteiger charge is -2.14. The summed E-state index contributed by atoms with van der Waals surface area (Å²) in [5.74, 6) is 1.68. The van der Waals surface area contributed by atoms with Crippen LogP contribution in [0, 0.1) is 0 Å². The molecule has 0 aromatic heterocycles. The van der Waals surface area contributed by atoms with Crippen molar-refractivity contribution in [2.75, 3.05) is 14.2 Å². The maximum atomic E-state index is 10.7. The molecule has 10 heteroatoms. The summed E-state index contributed by atoms with van der Waals surface area (Å²) in [7, 11) is -2.72. The summed E-state index contributed by atoms with van der Waals surface area (Å²) in [6.07, 6.45) is 5.01. The van der Waals surface area contributed by atoms with Crippen LogP contribution in [0.25, 0.3) is 0 Å². The zero-order valence-electron chi connectivity index (χ0n) is 13.1. The number of methoxy groups -OCH3 is 2. The zero-order chi connectivity index (χ0) is 18.5. The third-order valence-corrected chi connectivity index (χ3v) is 4.21. The van der Waals surface area contributed by atoms with Gasteiger partial charge in [0.15, 0.2) is 11.5 Å². The van der Waals surface area contributed by atoms with E-state index >= 15 is 0 Å². The normalized spacial score (nSPS) is 15.6. The predicted octanol–water partition coefficient (Wildman–Crippen LogP) is 3.46. The summed E-state index contributed by atoms with van der Waals surface area (Å²) in [5, 5.41) is 9.81. The second-order valence-corrected chi connectivity index (χ2v) is 6.59. The molecule has 0 bridgehead atoms. The van der Waals surface area contributed by atoms with Crippen LogP contribution in [-0.4, -0.2) is 37.8 Å². The molecule has 0 amide bonds. The van der Waals surface area contributed by atoms with Crippen LogP contribution in [0.2, 0.25) is 0 Å². The maximum Gasteiger partial charge on any atom is 0.522 e. The van der Waals surface area contributed by atoms with Gasteiger partial charge in [0, 0.05) is 0 Å². The Hall–Kier alpha value is -1.68. The molecular formula is C14H19F3O6S. The summed E-state index contributed by atoms with van der Waals surface area (Å²) < 4.78 is 67.9. The number of hydrogen-bond acceptors (Lipinski definition) is 5. The molecule has 1 fully saturated rings. The minimum atomic E-state index is -5.84. The monoisotopic (exact) mass is 372 g/mol. The van der Waals surface area contributed by atoms with Crippen LogP contribution in [0.5, 0.6) is 17.2 Å². The molecule has 6 nitrogen and oxygen atoms in total. The van der Waals surface area contributed by atoms with Crippen LogP contribution < -0.4 is 9.47 Å². The van der Waals surface area contributed by atoms with E-state index in [0.29, 0.717) is 17.4 Å². The van der Waals surface area contributed by atoms with Gasteiger partial charge in [-0.25, -0.2) is 0 Å². The van der Waals surface area contributed by atoms with E-state index in [1.54, 1.807) is 14.2 Å². The molecule has 0 unspecified atom stereocenters. The molecule has 0 heterocycles. The highest BCUT2D eigenvalue weighted by Gasteiger charge is 2.44. The van der Waals surface area contributed by atoms with E-state index in [1.165, 1.54) is 31.2 Å². The first-order valence-corrected chi connectivity index (χ1v) is 8.44. The molecule has 0 radical (unpaired) electrons. The van der Waals surface area contributed by atoms with E-state index in [4.69, 9.17) is 22.4 Å². The number of aromatic hydroxyl groups is 1. The quantitative estimate of drug-likeness (QED) is 0.623. The summed E-state index contributed by atoms with van der Waals surface area (Å²) in [6, 6.07) is 3.85. The first kappa shape index (κ1) is 20.4. The summed E-state index contributed by atoms with van der Waals surface area (Å²) >= 11 is 0. The molecule has 1 aromatic carbocycles. The Morgan fingerprint density at radius 1 is 1.08 bits per heavy atom. The minimum absolute atomic E-state index is 0.0896. The average molecular weight is 372 g/mol. The Bertz CT molecular complexity index is 626. The van der Waals surface area contributed by atoms with E-state index in [9.17, 15) is 18.3 Å². The van der Waals surface area contributed by atoms with Gasteiger partial charge in [-0.15, -0.1) is 0 Å². The van der Waals surface area contributed by atoms with Crippen LogP contribution in [-0.2, 0) is 10.1 Å². The molecule has 0 aliphatic heterocycles. The maximum absolute atomic E-state index is 10.7. The van der Waals surface area contributed by atoms with Gasteiger partial charge >= 0.3 is 15.6 Å². The topological polar surface area (TPSA) is 93.1 Å². The Morgan fingerprint density at radius 2 is 1.46 bits per heavy atom. The largest absolute Gasteiger partial charge is 0.522 e. The molecule has 0 spiro atoms. The van der Waals surface area contributed by atoms with E-state index in [-0.39, 0.29) is 5.75 Å². The SMILES string of the molecule is COc1cc(C2CCCC2)cc(OC)c1O.O=S(=O)(O)C(F)(F)F. The number of phenolic OH excluding ortho intramolecular Hbond substituents is 1. The molecule has 1 aliphatic carbocycles. The number of benzene rings is 1. The molecule has 1 aromatic rings. The molecular weight excluding hydrogens is 353 g/mol. The fraction of sp³-hybridized carbons (Fsp3) is 0.571. The molecule has 1 saturated carbocycles. The third-order valence-electron chi connectivity index (χ3n) is 3.62. The Labute approximate surface area is 137 Å². The second kappa shape index (κ2) is 7.93. The molecule has 0 saturated heterocycles. The fourth-order valence-corrected chi connectivity index (χ4v) is 2.41. The van der Waals surface area contributed by atoms with Gasteiger partial charge < -0.3 is 14.6 Å². The number of rotatable bonds is 3. The Morgan fingerprint density at radius 3 is 1.75 bits per heavy atom. The van der Waals surface area contributed by atoms with Crippen molar-refractivity contribution < 1.29 is 40.7 Å². The highest BCUT2D eigenvalue weighted by Crippen LogP contribution is 2.42. The first-order valence-electron chi connectivity index (χ1n) is 7.00. The van der Waals surface area contributed by atoms with Gasteiger partial charge in [0.05, 0.1) is 14.2 Å². The van der Waals surface area contributed by atoms with E-state index in [2.05, 4.69) is 0 Å². The van der Waals surface area contributed by atoms with Crippen LogP contribution in [0.15, 0.2) is 12.1 Å². The molecule has 2 rings (SSSR count). The number of alkyl halides is 3. The third kappa shape index (κ3) is 5.17. The standard InChI is InChI=1S/C13H18O3.CHF3O3S/c1-15-11-7-10(9-5-3-4-6-9)8-12(16-2)13(11)14;2-1(3,4)8(5,6)7/h7-9,14H,3-6H2,1-2H3;(H,5,6,7). The predicted molar refractivity (Wildman–Crippen MR) is 80.0 cm³/mol. The fourth-order valence-electron chi connectivity index (χ4n) is 2.41. The minimum Gasteiger partial charge on any atom is -0.502 e. The van der Waals surface area contributed by atoms with Gasteiger partial charge in [-0.3, -0.25) is 4.55 Å². The number of hydrogen-bond donors (Lipinski definition) is 2. The van der Waals surface area contributed by atoms with Gasteiger partial charge in [0.25, 0.3) is 0 Å². The lowest BCUT2D eigenvalue weighted by molar-refractivity contribution is -0.0510. The van der Waals surface area contributed by atoms with Crippen molar-refractivity contribution in [1.82, 2.24) is 0 Å². The lowest BCUT2D eigenvalue weighted by Crippen LogP contribution is -2.21. The molecule has 0 atom stereocenters. The van der Waals surface area contributed by atoms with Gasteiger partial charge in [0.1, 0.15) is 0 Å². The smallest absolute Gasteiger partial charge is 0.502 e. The molecule has 24 heavy (non-hydrogen) atoms. The van der Waals surface area contributed by atoms with Crippen molar-refractivity contribution in [3.8, 4) is 17.2 Å². The molecule has 1 aliphatic rings. The van der Waals surface area contributed by atoms with Gasteiger partial charge in [-0.1, -0.05) is 12.8 Å². The van der Waals surface area contributed by atoms with Crippen LogP contribution in [0.4, 0.5) is 13.2 Å². The van der Waals surface area contributed by atoms with Crippen molar-refractivity contribution in [3.05, 3.63) is 17.7 Å². The lowest BCUT2D eigenvalue weighted by atomic mass is 9.97. The Balaban J connectivity index is 0.000000307. The van der Waals surface area contributed by atoms with Gasteiger partial charge in [0.2, 0.25) is 5.75 Å². The number of phenols is 1. The van der Waals surface area contributed by atoms with Crippen LogP contribution >= 0.6 is 0 Å². The van der Waals surface area contributed by atoms with Gasteiger partial charge in [-0.2, -0.15) is 21.6 Å². The van der Waals surface area contributed by atoms with Crippen molar-refractivity contribution >= 4 is 10.1 Å². The average Bonchev–Trinajstić information content (AvgIpc) is 3.00. The number of ether oxygens (including phenoxy) is 2. The summed E-state index contributed by atoms with van der Waals surface area (Å²) in [4.78, 5) is 0. The highest BCUT2D eigenvalue weighted by molar-refractivity contribution is 7.86. The highest BCUT2D eigenvalue weighted by atomic mass is 32.2. The molecule has 2 N–H and O–H groups in total. The van der Waals surface area contributed by atoms with Crippen LogP contribution in [0.3, 0.4) is 0 Å². The number of halogens is 3. The van der Waals surface area contributed by atoms with E-state index in [0.717, 1.165) is 0 Å². The summed E-state index contributed by atoms with van der Waals surface area (Å²) in [6.45, 7) is 0. The zero-order valence-corrected chi connectivity index (χ0v) is 13.9. The first-order chi connectivity index (χ1) is 11.0. The van der Waals surface area contributed by atoms with Crippen molar-refractivity contribution in [2.24, 2.45) is 0 Å². The van der Waals surface area contributed by atoms with Crippen molar-refractivity contribution in [2.45, 2.75) is 37.1 Å². The second-order valence-electron chi connectivity index (χ2n) is 5.18. The van der Waals surface area contributed by atoms with Crippen LogP contribution in [0.1, 0.15) is 37.2 Å². The van der Waals surface area contributed by atoms with Crippen molar-refractivity contribution in [1.29, 1.82) is 0 Å². The van der Waals surface area contributed by atoms with Gasteiger partial charge in [-0.05, 0) is 36.5 Å². The van der Waals surface area contributed by atoms with Crippen molar-refractivity contribution in [3.63, 3.8) is 0 Å². The Kier molecular flexibility index (Phi) is 6.73. The van der Waals surface area contributed by atoms with E-state index in [1.807, 2.05) is 12.1 Å². The molecule has 138 valence electrons. The van der Waals surface area contributed by atoms with E-state index < -0.39 is 15.6 Å².